The van der Waals surface area contributed by atoms with Gasteiger partial charge in [0.2, 0.25) is 5.95 Å². The average Bonchev–Trinajstić information content (AvgIpc) is 2.09. The maximum Gasteiger partial charge on any atom is 0.409 e. The number of alkyl halides is 3. The number of halogens is 3. The van der Waals surface area contributed by atoms with Crippen LogP contribution in [0.15, 0.2) is 18.2 Å². The van der Waals surface area contributed by atoms with Gasteiger partial charge in [-0.2, -0.15) is 13.2 Å². The van der Waals surface area contributed by atoms with Crippen molar-refractivity contribution in [3.8, 4) is 0 Å². The standard InChI is InChI=1S/C10H12F3N3/c1-7-6-8(2)16-9(15-7)14-5-3-4-10(11,12)13/h3-4,6H,5H2,1-2H3,(H,14,15,16)/b4-3+. The Hall–Kier alpha value is -1.59. The molecule has 0 saturated heterocycles. The van der Waals surface area contributed by atoms with Crippen LogP contribution in [-0.2, 0) is 0 Å². The monoisotopic (exact) mass is 231 g/mol. The molecule has 1 heterocycles. The lowest BCUT2D eigenvalue weighted by molar-refractivity contribution is -0.0799. The summed E-state index contributed by atoms with van der Waals surface area (Å²) >= 11 is 0. The highest BCUT2D eigenvalue weighted by atomic mass is 19.4. The second-order valence-corrected chi connectivity index (χ2v) is 3.30. The third-order valence-corrected chi connectivity index (χ3v) is 1.67. The molecule has 0 atom stereocenters. The molecule has 0 saturated carbocycles. The fourth-order valence-electron chi connectivity index (χ4n) is 1.15. The third-order valence-electron chi connectivity index (χ3n) is 1.67. The molecule has 0 bridgehead atoms. The maximum atomic E-state index is 11.8. The first-order valence-corrected chi connectivity index (χ1v) is 4.67. The number of allylic oxidation sites excluding steroid dienone is 1. The van der Waals surface area contributed by atoms with Crippen molar-refractivity contribution in [2.75, 3.05) is 11.9 Å². The molecule has 0 aliphatic carbocycles. The number of hydrogen-bond acceptors (Lipinski definition) is 3. The summed E-state index contributed by atoms with van der Waals surface area (Å²) in [4.78, 5) is 8.06. The van der Waals surface area contributed by atoms with Gasteiger partial charge in [0, 0.05) is 24.0 Å². The van der Waals surface area contributed by atoms with Gasteiger partial charge in [0.1, 0.15) is 0 Å². The van der Waals surface area contributed by atoms with Crippen molar-refractivity contribution in [3.63, 3.8) is 0 Å². The molecule has 0 unspecified atom stereocenters. The SMILES string of the molecule is Cc1cc(C)nc(NC/C=C/C(F)(F)F)n1. The number of hydrogen-bond donors (Lipinski definition) is 1. The molecular weight excluding hydrogens is 219 g/mol. The first-order chi connectivity index (χ1) is 7.37. The second kappa shape index (κ2) is 4.96. The highest BCUT2D eigenvalue weighted by Crippen LogP contribution is 2.15. The zero-order valence-electron chi connectivity index (χ0n) is 8.97. The molecule has 16 heavy (non-hydrogen) atoms. The summed E-state index contributed by atoms with van der Waals surface area (Å²) < 4.78 is 35.3. The van der Waals surface area contributed by atoms with E-state index < -0.39 is 6.18 Å². The van der Waals surface area contributed by atoms with Crippen molar-refractivity contribution in [1.29, 1.82) is 0 Å². The molecule has 0 radical (unpaired) electrons. The lowest BCUT2D eigenvalue weighted by atomic mass is 10.3. The van der Waals surface area contributed by atoms with Gasteiger partial charge in [0.05, 0.1) is 0 Å². The van der Waals surface area contributed by atoms with Crippen molar-refractivity contribution < 1.29 is 13.2 Å². The van der Waals surface area contributed by atoms with Gasteiger partial charge in [-0.3, -0.25) is 0 Å². The van der Waals surface area contributed by atoms with E-state index in [1.54, 1.807) is 19.9 Å². The van der Waals surface area contributed by atoms with E-state index in [1.807, 2.05) is 0 Å². The Morgan fingerprint density at radius 3 is 2.31 bits per heavy atom. The van der Waals surface area contributed by atoms with E-state index >= 15 is 0 Å². The van der Waals surface area contributed by atoms with Crippen LogP contribution in [0.2, 0.25) is 0 Å². The lowest BCUT2D eigenvalue weighted by Gasteiger charge is -2.04. The summed E-state index contributed by atoms with van der Waals surface area (Å²) in [6, 6.07) is 1.79. The third kappa shape index (κ3) is 4.77. The van der Waals surface area contributed by atoms with Gasteiger partial charge in [-0.25, -0.2) is 9.97 Å². The van der Waals surface area contributed by atoms with E-state index in [2.05, 4.69) is 15.3 Å². The largest absolute Gasteiger partial charge is 0.409 e. The highest BCUT2D eigenvalue weighted by molar-refractivity contribution is 5.28. The molecule has 1 rings (SSSR count). The van der Waals surface area contributed by atoms with Crippen molar-refractivity contribution in [1.82, 2.24) is 9.97 Å². The summed E-state index contributed by atoms with van der Waals surface area (Å²) in [5.41, 5.74) is 1.55. The van der Waals surface area contributed by atoms with Gasteiger partial charge in [-0.05, 0) is 19.9 Å². The van der Waals surface area contributed by atoms with Gasteiger partial charge in [0.25, 0.3) is 0 Å². The first-order valence-electron chi connectivity index (χ1n) is 4.67. The van der Waals surface area contributed by atoms with Gasteiger partial charge < -0.3 is 5.32 Å². The topological polar surface area (TPSA) is 37.8 Å². The van der Waals surface area contributed by atoms with Crippen LogP contribution in [0, 0.1) is 13.8 Å². The molecule has 1 N–H and O–H groups in total. The molecular formula is C10H12F3N3. The number of aromatic nitrogens is 2. The highest BCUT2D eigenvalue weighted by Gasteiger charge is 2.21. The summed E-state index contributed by atoms with van der Waals surface area (Å²) in [7, 11) is 0. The number of nitrogens with one attached hydrogen (secondary N) is 1. The number of aryl methyl sites for hydroxylation is 2. The second-order valence-electron chi connectivity index (χ2n) is 3.30. The Kier molecular flexibility index (Phi) is 3.87. The van der Waals surface area contributed by atoms with Crippen LogP contribution >= 0.6 is 0 Å². The van der Waals surface area contributed by atoms with Crippen LogP contribution in [0.4, 0.5) is 19.1 Å². The summed E-state index contributed by atoms with van der Waals surface area (Å²) in [5, 5.41) is 2.69. The molecule has 0 aromatic carbocycles. The number of rotatable bonds is 3. The fraction of sp³-hybridized carbons (Fsp3) is 0.400. The van der Waals surface area contributed by atoms with E-state index in [4.69, 9.17) is 0 Å². The number of anilines is 1. The Bertz CT molecular complexity index is 365. The quantitative estimate of drug-likeness (QED) is 0.812. The van der Waals surface area contributed by atoms with Crippen LogP contribution in [-0.4, -0.2) is 22.7 Å². The van der Waals surface area contributed by atoms with Gasteiger partial charge >= 0.3 is 6.18 Å². The smallest absolute Gasteiger partial charge is 0.351 e. The van der Waals surface area contributed by atoms with Crippen molar-refractivity contribution in [2.45, 2.75) is 20.0 Å². The molecule has 0 amide bonds. The van der Waals surface area contributed by atoms with Gasteiger partial charge in [-0.1, -0.05) is 6.08 Å². The lowest BCUT2D eigenvalue weighted by Crippen LogP contribution is -2.07. The Labute approximate surface area is 91.4 Å². The first kappa shape index (κ1) is 12.5. The van der Waals surface area contributed by atoms with E-state index in [0.29, 0.717) is 5.95 Å². The average molecular weight is 231 g/mol. The van der Waals surface area contributed by atoms with Gasteiger partial charge in [0.15, 0.2) is 0 Å². The molecule has 1 aromatic heterocycles. The molecule has 1 aromatic rings. The van der Waals surface area contributed by atoms with Gasteiger partial charge in [-0.15, -0.1) is 0 Å². The van der Waals surface area contributed by atoms with E-state index in [9.17, 15) is 13.2 Å². The van der Waals surface area contributed by atoms with Crippen LogP contribution in [0.1, 0.15) is 11.4 Å². The molecule has 0 aliphatic heterocycles. The molecule has 0 spiro atoms. The summed E-state index contributed by atoms with van der Waals surface area (Å²) in [6.45, 7) is 3.64. The van der Waals surface area contributed by atoms with Crippen LogP contribution in [0.5, 0.6) is 0 Å². The minimum absolute atomic E-state index is 0.0441. The minimum atomic E-state index is -4.27. The summed E-state index contributed by atoms with van der Waals surface area (Å²) in [5.74, 6) is 0.337. The minimum Gasteiger partial charge on any atom is -0.351 e. The molecule has 3 nitrogen and oxygen atoms in total. The Morgan fingerprint density at radius 1 is 1.25 bits per heavy atom. The molecule has 88 valence electrons. The van der Waals surface area contributed by atoms with Crippen LogP contribution in [0.25, 0.3) is 0 Å². The van der Waals surface area contributed by atoms with Crippen molar-refractivity contribution in [2.24, 2.45) is 0 Å². The predicted octanol–water partition coefficient (Wildman–Crippen LogP) is 2.62. The van der Waals surface area contributed by atoms with E-state index in [-0.39, 0.29) is 12.6 Å². The zero-order chi connectivity index (χ0) is 12.2. The number of nitrogens with zero attached hydrogens (tertiary/aromatic N) is 2. The van der Waals surface area contributed by atoms with E-state index in [0.717, 1.165) is 17.5 Å². The fourth-order valence-corrected chi connectivity index (χ4v) is 1.15. The molecule has 6 heteroatoms. The molecule has 0 fully saturated rings. The van der Waals surface area contributed by atoms with Crippen molar-refractivity contribution in [3.05, 3.63) is 29.6 Å². The zero-order valence-corrected chi connectivity index (χ0v) is 8.97. The predicted molar refractivity (Wildman–Crippen MR) is 55.2 cm³/mol. The molecule has 0 aliphatic rings. The van der Waals surface area contributed by atoms with Crippen molar-refractivity contribution >= 4 is 5.95 Å². The summed E-state index contributed by atoms with van der Waals surface area (Å²) in [6.07, 6.45) is -3.10. The normalized spacial score (nSPS) is 12.1. The Morgan fingerprint density at radius 2 is 1.81 bits per heavy atom. The maximum absolute atomic E-state index is 11.8. The van der Waals surface area contributed by atoms with Crippen LogP contribution in [0.3, 0.4) is 0 Å². The van der Waals surface area contributed by atoms with E-state index in [1.165, 1.54) is 0 Å². The Balaban J connectivity index is 2.52. The van der Waals surface area contributed by atoms with Crippen LogP contribution < -0.4 is 5.32 Å².